The van der Waals surface area contributed by atoms with Crippen molar-refractivity contribution in [2.75, 3.05) is 43.2 Å². The van der Waals surface area contributed by atoms with Gasteiger partial charge in [-0.15, -0.1) is 0 Å². The molecule has 5 rings (SSSR count). The molecule has 2 aromatic heterocycles. The van der Waals surface area contributed by atoms with Crippen LogP contribution in [0.4, 0.5) is 43.9 Å². The van der Waals surface area contributed by atoms with E-state index in [4.69, 9.17) is 10.5 Å². The van der Waals surface area contributed by atoms with Crippen LogP contribution in [0.15, 0.2) is 48.8 Å². The molecule has 14 heteroatoms. The Balaban J connectivity index is 1.35. The minimum absolute atomic E-state index is 0.204. The van der Waals surface area contributed by atoms with Gasteiger partial charge in [-0.25, -0.2) is 23.1 Å². The molecule has 0 bridgehead atoms. The van der Waals surface area contributed by atoms with Crippen LogP contribution in [-0.2, 0) is 17.3 Å². The summed E-state index contributed by atoms with van der Waals surface area (Å²) in [4.78, 5) is 18.8. The van der Waals surface area contributed by atoms with E-state index in [1.54, 1.807) is 17.7 Å². The number of alkyl halides is 3. The molecular weight excluding hydrogens is 561 g/mol. The molecule has 42 heavy (non-hydrogen) atoms. The second kappa shape index (κ2) is 11.9. The summed E-state index contributed by atoms with van der Waals surface area (Å²) < 4.78 is 75.1. The Morgan fingerprint density at radius 2 is 1.88 bits per heavy atom. The summed E-state index contributed by atoms with van der Waals surface area (Å²) in [7, 11) is 1.69. The quantitative estimate of drug-likeness (QED) is 0.232. The molecular formula is C28H28F5N7O2. The van der Waals surface area contributed by atoms with Crippen molar-refractivity contribution >= 4 is 28.7 Å². The van der Waals surface area contributed by atoms with Crippen molar-refractivity contribution < 1.29 is 31.5 Å². The highest BCUT2D eigenvalue weighted by Crippen LogP contribution is 2.34. The van der Waals surface area contributed by atoms with Crippen molar-refractivity contribution in [3.63, 3.8) is 0 Å². The first-order valence-electron chi connectivity index (χ1n) is 13.1. The molecule has 1 fully saturated rings. The summed E-state index contributed by atoms with van der Waals surface area (Å²) in [6, 6.07) is 6.70. The van der Waals surface area contributed by atoms with Gasteiger partial charge in [-0.2, -0.15) is 18.3 Å². The molecule has 2 amide bonds. The van der Waals surface area contributed by atoms with Crippen molar-refractivity contribution in [2.24, 2.45) is 0 Å². The number of anilines is 3. The third-order valence-corrected chi connectivity index (χ3v) is 7.24. The number of benzene rings is 2. The van der Waals surface area contributed by atoms with Crippen LogP contribution in [0.2, 0.25) is 0 Å². The third kappa shape index (κ3) is 6.14. The molecule has 0 aliphatic carbocycles. The number of nitrogens with two attached hydrogens (primary N) is 1. The number of fused-ring (bicyclic) bond motifs is 1. The number of carbonyl (C=O) groups is 1. The van der Waals surface area contributed by atoms with Gasteiger partial charge in [-0.1, -0.05) is 6.07 Å². The van der Waals surface area contributed by atoms with Crippen LogP contribution >= 0.6 is 0 Å². The molecule has 0 spiro atoms. The van der Waals surface area contributed by atoms with E-state index < -0.39 is 35.1 Å². The number of methoxy groups -OCH3 is 1. The molecule has 3 heterocycles. The lowest BCUT2D eigenvalue weighted by Crippen LogP contribution is -2.34. The number of hydrogen-bond donors (Lipinski definition) is 3. The van der Waals surface area contributed by atoms with Crippen molar-refractivity contribution in [3.05, 3.63) is 71.7 Å². The second-order valence-electron chi connectivity index (χ2n) is 9.96. The van der Waals surface area contributed by atoms with Gasteiger partial charge in [0.1, 0.15) is 23.5 Å². The lowest BCUT2D eigenvalue weighted by atomic mass is 10.1. The Morgan fingerprint density at radius 1 is 1.10 bits per heavy atom. The standard InChI is InChI=1S/C28H28F5N7O2/c1-42-14-19-3-2-9-39(19)10-8-18-13-20(25-26(34)35-15-36-40(18)25)16-4-7-23(22(30)11-16)37-27(41)38-24-12-17(28(31,32)33)5-6-21(24)29/h4-7,11-13,15,19H,2-3,8-10,14H2,1H3,(H2,34,35,36)(H2,37,38,41). The third-order valence-electron chi connectivity index (χ3n) is 7.24. The highest BCUT2D eigenvalue weighted by atomic mass is 19.4. The summed E-state index contributed by atoms with van der Waals surface area (Å²) in [5.74, 6) is -1.71. The first kappa shape index (κ1) is 29.2. The van der Waals surface area contributed by atoms with Crippen LogP contribution in [0.3, 0.4) is 0 Å². The van der Waals surface area contributed by atoms with E-state index in [1.165, 1.54) is 18.5 Å². The molecule has 222 valence electrons. The van der Waals surface area contributed by atoms with E-state index in [2.05, 4.69) is 20.3 Å². The Hall–Kier alpha value is -4.30. The van der Waals surface area contributed by atoms with E-state index >= 15 is 4.39 Å². The van der Waals surface area contributed by atoms with Crippen molar-refractivity contribution in [2.45, 2.75) is 31.5 Å². The number of urea groups is 1. The number of carbonyl (C=O) groups excluding carboxylic acids is 1. The number of aromatic nitrogens is 3. The summed E-state index contributed by atoms with van der Waals surface area (Å²) in [6.45, 7) is 2.39. The topological polar surface area (TPSA) is 110 Å². The number of rotatable bonds is 8. The van der Waals surface area contributed by atoms with Gasteiger partial charge in [-0.3, -0.25) is 4.90 Å². The Labute approximate surface area is 237 Å². The summed E-state index contributed by atoms with van der Waals surface area (Å²) in [5.41, 5.74) is 6.44. The SMILES string of the molecule is COCC1CCCN1CCc1cc(-c2ccc(NC(=O)Nc3cc(C(F)(F)F)ccc3F)c(F)c2)c2c(N)ncnn12. The molecule has 1 aliphatic heterocycles. The largest absolute Gasteiger partial charge is 0.416 e. The fraction of sp³-hybridized carbons (Fsp3) is 0.321. The van der Waals surface area contributed by atoms with Gasteiger partial charge in [0.25, 0.3) is 0 Å². The maximum Gasteiger partial charge on any atom is 0.416 e. The van der Waals surface area contributed by atoms with Gasteiger partial charge in [0, 0.05) is 37.4 Å². The van der Waals surface area contributed by atoms with Crippen LogP contribution in [0.25, 0.3) is 16.6 Å². The van der Waals surface area contributed by atoms with E-state index in [0.717, 1.165) is 31.6 Å². The van der Waals surface area contributed by atoms with E-state index in [1.807, 2.05) is 11.4 Å². The lowest BCUT2D eigenvalue weighted by Gasteiger charge is -2.23. The zero-order valence-electron chi connectivity index (χ0n) is 22.5. The highest BCUT2D eigenvalue weighted by molar-refractivity contribution is 6.00. The summed E-state index contributed by atoms with van der Waals surface area (Å²) in [5, 5.41) is 8.55. The monoisotopic (exact) mass is 589 g/mol. The average Bonchev–Trinajstić information content (AvgIpc) is 3.54. The number of nitrogens with zero attached hydrogens (tertiary/aromatic N) is 4. The first-order chi connectivity index (χ1) is 20.0. The van der Waals surface area contributed by atoms with Crippen LogP contribution in [0, 0.1) is 11.6 Å². The predicted molar refractivity (Wildman–Crippen MR) is 147 cm³/mol. The number of ether oxygens (including phenoxy) is 1. The van der Waals surface area contributed by atoms with Gasteiger partial charge in [0.2, 0.25) is 0 Å². The van der Waals surface area contributed by atoms with Crippen LogP contribution in [0.5, 0.6) is 0 Å². The maximum absolute atomic E-state index is 15.2. The maximum atomic E-state index is 15.2. The fourth-order valence-corrected chi connectivity index (χ4v) is 5.22. The average molecular weight is 590 g/mol. The Kier molecular flexibility index (Phi) is 8.27. The van der Waals surface area contributed by atoms with Crippen LogP contribution < -0.4 is 16.4 Å². The van der Waals surface area contributed by atoms with Crippen LogP contribution in [-0.4, -0.2) is 58.4 Å². The number of likely N-dealkylation sites (tertiary alicyclic amines) is 1. The van der Waals surface area contributed by atoms with E-state index in [0.29, 0.717) is 53.9 Å². The minimum atomic E-state index is -4.74. The number of halogens is 5. The van der Waals surface area contributed by atoms with Gasteiger partial charge in [0.15, 0.2) is 5.82 Å². The fourth-order valence-electron chi connectivity index (χ4n) is 5.22. The molecule has 1 aliphatic rings. The van der Waals surface area contributed by atoms with Gasteiger partial charge >= 0.3 is 12.2 Å². The molecule has 4 N–H and O–H groups in total. The minimum Gasteiger partial charge on any atom is -0.383 e. The van der Waals surface area contributed by atoms with Crippen molar-refractivity contribution in [1.82, 2.24) is 19.5 Å². The Bertz CT molecular complexity index is 1610. The molecule has 0 radical (unpaired) electrons. The van der Waals surface area contributed by atoms with Crippen molar-refractivity contribution in [3.8, 4) is 11.1 Å². The molecule has 0 saturated carbocycles. The first-order valence-corrected chi connectivity index (χ1v) is 13.1. The van der Waals surface area contributed by atoms with Crippen molar-refractivity contribution in [1.29, 1.82) is 0 Å². The Morgan fingerprint density at radius 3 is 2.62 bits per heavy atom. The molecule has 4 aromatic rings. The summed E-state index contributed by atoms with van der Waals surface area (Å²) in [6.07, 6.45) is -0.586. The number of hydrogen-bond acceptors (Lipinski definition) is 6. The molecule has 2 aromatic carbocycles. The van der Waals surface area contributed by atoms with Gasteiger partial charge < -0.3 is 21.1 Å². The summed E-state index contributed by atoms with van der Waals surface area (Å²) >= 11 is 0. The second-order valence-corrected chi connectivity index (χ2v) is 9.96. The van der Waals surface area contributed by atoms with E-state index in [-0.39, 0.29) is 11.5 Å². The normalized spacial score (nSPS) is 15.8. The number of nitrogens with one attached hydrogen (secondary N) is 2. The highest BCUT2D eigenvalue weighted by Gasteiger charge is 2.31. The van der Waals surface area contributed by atoms with Gasteiger partial charge in [0.05, 0.1) is 23.5 Å². The smallest absolute Gasteiger partial charge is 0.383 e. The lowest BCUT2D eigenvalue weighted by molar-refractivity contribution is -0.137. The van der Waals surface area contributed by atoms with E-state index in [9.17, 15) is 22.4 Å². The molecule has 1 saturated heterocycles. The van der Waals surface area contributed by atoms with Crippen LogP contribution in [0.1, 0.15) is 24.1 Å². The number of amides is 2. The number of nitrogen functional groups attached to an aromatic ring is 1. The van der Waals surface area contributed by atoms with Gasteiger partial charge in [-0.05, 0) is 61.3 Å². The zero-order valence-corrected chi connectivity index (χ0v) is 22.5. The predicted octanol–water partition coefficient (Wildman–Crippen LogP) is 5.57. The molecule has 1 unspecified atom stereocenters. The zero-order chi connectivity index (χ0) is 30.0. The molecule has 9 nitrogen and oxygen atoms in total. The molecule has 1 atom stereocenters.